The molecule has 2 aliphatic carbocycles. The minimum Gasteiger partial charge on any atom is -0.347 e. The van der Waals surface area contributed by atoms with E-state index in [0.717, 1.165) is 17.0 Å². The molecule has 1 aromatic rings. The van der Waals surface area contributed by atoms with Gasteiger partial charge < -0.3 is 4.98 Å². The van der Waals surface area contributed by atoms with E-state index in [1.165, 1.54) is 74.9 Å². The molecule has 0 radical (unpaired) electrons. The van der Waals surface area contributed by atoms with E-state index in [2.05, 4.69) is 11.9 Å². The topological polar surface area (TPSA) is 28.7 Å². The molecule has 0 saturated heterocycles. The van der Waals surface area contributed by atoms with Crippen molar-refractivity contribution in [2.45, 2.75) is 77.0 Å². The highest BCUT2D eigenvalue weighted by atomic mass is 32.1. The number of fused-ring (bicyclic) bond motifs is 1. The van der Waals surface area contributed by atoms with Gasteiger partial charge in [0.15, 0.2) is 0 Å². The number of H-pyrrole nitrogens is 1. The van der Waals surface area contributed by atoms with E-state index in [4.69, 9.17) is 17.2 Å². The zero-order valence-electron chi connectivity index (χ0n) is 12.6. The summed E-state index contributed by atoms with van der Waals surface area (Å²) in [7, 11) is 0. The van der Waals surface area contributed by atoms with E-state index in [1.54, 1.807) is 0 Å². The van der Waals surface area contributed by atoms with Crippen LogP contribution >= 0.6 is 12.2 Å². The molecule has 2 nitrogen and oxygen atoms in total. The van der Waals surface area contributed by atoms with Crippen molar-refractivity contribution in [3.63, 3.8) is 0 Å². The van der Waals surface area contributed by atoms with Gasteiger partial charge in [0.25, 0.3) is 0 Å². The Labute approximate surface area is 127 Å². The first-order valence-corrected chi connectivity index (χ1v) is 8.80. The molecular formula is C17H26N2S. The predicted molar refractivity (Wildman–Crippen MR) is 85.7 cm³/mol. The van der Waals surface area contributed by atoms with E-state index < -0.39 is 0 Å². The number of aromatic nitrogens is 2. The van der Waals surface area contributed by atoms with Crippen LogP contribution in [0.1, 0.15) is 81.3 Å². The van der Waals surface area contributed by atoms with Gasteiger partial charge in [-0.15, -0.1) is 0 Å². The van der Waals surface area contributed by atoms with E-state index in [-0.39, 0.29) is 0 Å². The summed E-state index contributed by atoms with van der Waals surface area (Å²) >= 11 is 5.53. The summed E-state index contributed by atoms with van der Waals surface area (Å²) in [6.45, 7) is 2.30. The van der Waals surface area contributed by atoms with Gasteiger partial charge in [-0.1, -0.05) is 32.0 Å². The highest BCUT2D eigenvalue weighted by molar-refractivity contribution is 7.71. The van der Waals surface area contributed by atoms with E-state index in [1.807, 2.05) is 0 Å². The van der Waals surface area contributed by atoms with Crippen molar-refractivity contribution in [3.8, 4) is 0 Å². The van der Waals surface area contributed by atoms with Crippen LogP contribution in [0.3, 0.4) is 0 Å². The molecule has 0 aliphatic heterocycles. The third kappa shape index (κ3) is 2.98. The van der Waals surface area contributed by atoms with Crippen molar-refractivity contribution in [1.82, 2.24) is 9.97 Å². The van der Waals surface area contributed by atoms with Gasteiger partial charge in [-0.2, -0.15) is 0 Å². The number of aryl methyl sites for hydroxylation is 1. The van der Waals surface area contributed by atoms with Crippen LogP contribution in [-0.2, 0) is 12.8 Å². The summed E-state index contributed by atoms with van der Waals surface area (Å²) in [5.41, 5.74) is 2.72. The molecule has 110 valence electrons. The van der Waals surface area contributed by atoms with Gasteiger partial charge in [0.05, 0.1) is 0 Å². The number of nitrogens with one attached hydrogen (secondary N) is 1. The van der Waals surface area contributed by atoms with E-state index in [9.17, 15) is 0 Å². The molecule has 1 heterocycles. The molecule has 0 spiro atoms. The summed E-state index contributed by atoms with van der Waals surface area (Å²) in [5, 5.41) is 0. The molecule has 2 aliphatic rings. The second-order valence-electron chi connectivity index (χ2n) is 6.60. The zero-order chi connectivity index (χ0) is 13.9. The largest absolute Gasteiger partial charge is 0.347 e. The molecule has 3 rings (SSSR count). The fourth-order valence-corrected chi connectivity index (χ4v) is 4.29. The first-order chi connectivity index (χ1) is 9.78. The number of rotatable bonds is 3. The van der Waals surface area contributed by atoms with Crippen LogP contribution < -0.4 is 0 Å². The van der Waals surface area contributed by atoms with Crippen molar-refractivity contribution in [2.75, 3.05) is 0 Å². The lowest BCUT2D eigenvalue weighted by Gasteiger charge is -2.28. The number of hydrogen-bond donors (Lipinski definition) is 1. The summed E-state index contributed by atoms with van der Waals surface area (Å²) in [6.07, 6.45) is 12.9. The van der Waals surface area contributed by atoms with E-state index in [0.29, 0.717) is 5.92 Å². The minimum absolute atomic E-state index is 0.622. The Morgan fingerprint density at radius 3 is 2.65 bits per heavy atom. The molecule has 1 N–H and O–H groups in total. The number of hydrogen-bond acceptors (Lipinski definition) is 2. The summed E-state index contributed by atoms with van der Waals surface area (Å²) < 4.78 is 0.879. The Morgan fingerprint density at radius 1 is 1.15 bits per heavy atom. The summed E-state index contributed by atoms with van der Waals surface area (Å²) in [5.74, 6) is 2.76. The lowest BCUT2D eigenvalue weighted by atomic mass is 9.79. The number of aromatic amines is 1. The fourth-order valence-electron chi connectivity index (χ4n) is 3.96. The fraction of sp³-hybridized carbons (Fsp3) is 0.765. The van der Waals surface area contributed by atoms with Gasteiger partial charge in [0.1, 0.15) is 10.5 Å². The summed E-state index contributed by atoms with van der Waals surface area (Å²) in [6, 6.07) is 0. The van der Waals surface area contributed by atoms with Crippen LogP contribution in [0, 0.1) is 10.6 Å². The molecule has 0 bridgehead atoms. The standard InChI is InChI=1S/C17H26N2S/c1-2-5-12-8-10-13(11-9-12)16-18-15-7-4-3-6-14(15)17(20)19-16/h12-13H,2-11H2,1H3,(H,18,19,20). The molecule has 1 aromatic heterocycles. The maximum Gasteiger partial charge on any atom is 0.133 e. The van der Waals surface area contributed by atoms with Gasteiger partial charge in [-0.05, 0) is 57.3 Å². The Kier molecular flexibility index (Phi) is 4.54. The van der Waals surface area contributed by atoms with Crippen molar-refractivity contribution >= 4 is 12.2 Å². The molecule has 0 aromatic carbocycles. The first-order valence-electron chi connectivity index (χ1n) is 8.40. The molecule has 1 saturated carbocycles. The average molecular weight is 290 g/mol. The first kappa shape index (κ1) is 14.2. The average Bonchev–Trinajstić information content (AvgIpc) is 2.48. The van der Waals surface area contributed by atoms with Crippen LogP contribution in [0.5, 0.6) is 0 Å². The van der Waals surface area contributed by atoms with Crippen molar-refractivity contribution < 1.29 is 0 Å². The molecular weight excluding hydrogens is 264 g/mol. The van der Waals surface area contributed by atoms with Crippen LogP contribution in [0.25, 0.3) is 0 Å². The zero-order valence-corrected chi connectivity index (χ0v) is 13.4. The highest BCUT2D eigenvalue weighted by Gasteiger charge is 2.24. The van der Waals surface area contributed by atoms with E-state index >= 15 is 0 Å². The van der Waals surface area contributed by atoms with Gasteiger partial charge >= 0.3 is 0 Å². The lowest BCUT2D eigenvalue weighted by Crippen LogP contribution is -2.18. The Hall–Kier alpha value is -0.700. The van der Waals surface area contributed by atoms with Crippen molar-refractivity contribution in [2.24, 2.45) is 5.92 Å². The predicted octanol–water partition coefficient (Wildman–Crippen LogP) is 5.09. The maximum absolute atomic E-state index is 5.53. The quantitative estimate of drug-likeness (QED) is 0.785. The van der Waals surface area contributed by atoms with Crippen molar-refractivity contribution in [3.05, 3.63) is 21.7 Å². The summed E-state index contributed by atoms with van der Waals surface area (Å²) in [4.78, 5) is 8.38. The monoisotopic (exact) mass is 290 g/mol. The highest BCUT2D eigenvalue weighted by Crippen LogP contribution is 2.36. The molecule has 0 amide bonds. The molecule has 0 atom stereocenters. The van der Waals surface area contributed by atoms with Crippen LogP contribution in [0.15, 0.2) is 0 Å². The number of nitrogens with zero attached hydrogens (tertiary/aromatic N) is 1. The molecule has 3 heteroatoms. The Balaban J connectivity index is 1.75. The third-order valence-corrected chi connectivity index (χ3v) is 5.50. The Bertz CT molecular complexity index is 512. The lowest BCUT2D eigenvalue weighted by molar-refractivity contribution is 0.301. The van der Waals surface area contributed by atoms with Crippen LogP contribution in [-0.4, -0.2) is 9.97 Å². The maximum atomic E-state index is 5.53. The second-order valence-corrected chi connectivity index (χ2v) is 6.98. The van der Waals surface area contributed by atoms with Gasteiger partial charge in [0, 0.05) is 17.2 Å². The van der Waals surface area contributed by atoms with Crippen LogP contribution in [0.2, 0.25) is 0 Å². The van der Waals surface area contributed by atoms with Gasteiger partial charge in [-0.25, -0.2) is 4.98 Å². The Morgan fingerprint density at radius 2 is 1.90 bits per heavy atom. The van der Waals surface area contributed by atoms with Gasteiger partial charge in [0.2, 0.25) is 0 Å². The molecule has 20 heavy (non-hydrogen) atoms. The van der Waals surface area contributed by atoms with Crippen molar-refractivity contribution in [1.29, 1.82) is 0 Å². The smallest absolute Gasteiger partial charge is 0.133 e. The minimum atomic E-state index is 0.622. The second kappa shape index (κ2) is 6.38. The third-order valence-electron chi connectivity index (χ3n) is 5.16. The van der Waals surface area contributed by atoms with Crippen LogP contribution in [0.4, 0.5) is 0 Å². The molecule has 0 unspecified atom stereocenters. The SMILES string of the molecule is CCCC1CCC(c2nc(=S)c3c([nH]2)CCCC3)CC1. The molecule has 1 fully saturated rings. The normalized spacial score (nSPS) is 26.2. The van der Waals surface area contributed by atoms with Gasteiger partial charge in [-0.3, -0.25) is 0 Å².